The molecular formula is C35H36Cl2SiZr. The van der Waals surface area contributed by atoms with Crippen molar-refractivity contribution in [3.05, 3.63) is 126 Å². The first kappa shape index (κ1) is 31.7. The number of benzene rings is 4. The first-order valence-corrected chi connectivity index (χ1v) is 21.5. The minimum Gasteiger partial charge on any atom is -0.179 e. The van der Waals surface area contributed by atoms with Crippen molar-refractivity contribution >= 4 is 37.3 Å². The van der Waals surface area contributed by atoms with Gasteiger partial charge in [-0.05, 0) is 23.8 Å². The maximum atomic E-state index is 4.93. The Bertz CT molecular complexity index is 1390. The van der Waals surface area contributed by atoms with Gasteiger partial charge in [-0.15, -0.1) is 40.1 Å². The third-order valence-corrected chi connectivity index (χ3v) is 6.25. The number of hydrogen-bond donors (Lipinski definition) is 0. The molecule has 5 aromatic carbocycles. The van der Waals surface area contributed by atoms with Gasteiger partial charge in [-0.25, -0.2) is 0 Å². The van der Waals surface area contributed by atoms with Crippen molar-refractivity contribution in [3.8, 4) is 22.3 Å². The summed E-state index contributed by atoms with van der Waals surface area (Å²) in [5, 5.41) is 2.73. The van der Waals surface area contributed by atoms with E-state index in [0.717, 1.165) is 22.4 Å². The normalized spacial score (nSPS) is 10.9. The van der Waals surface area contributed by atoms with Crippen LogP contribution in [0.25, 0.3) is 33.0 Å². The van der Waals surface area contributed by atoms with Crippen LogP contribution in [-0.2, 0) is 33.7 Å². The van der Waals surface area contributed by atoms with Crippen LogP contribution in [0.2, 0.25) is 13.1 Å². The molecule has 0 nitrogen and oxygen atoms in total. The van der Waals surface area contributed by atoms with Crippen LogP contribution in [0.5, 0.6) is 0 Å². The summed E-state index contributed by atoms with van der Waals surface area (Å²) in [6, 6.07) is 40.1. The molecule has 0 heterocycles. The fourth-order valence-corrected chi connectivity index (χ4v) is 4.88. The average Bonchev–Trinajstić information content (AvgIpc) is 3.50. The van der Waals surface area contributed by atoms with Gasteiger partial charge in [0.1, 0.15) is 0 Å². The van der Waals surface area contributed by atoms with E-state index in [1.165, 1.54) is 49.7 Å². The minimum atomic E-state index is -0.826. The van der Waals surface area contributed by atoms with E-state index in [1.54, 1.807) is 0 Å². The van der Waals surface area contributed by atoms with Crippen LogP contribution in [0, 0.1) is 11.5 Å². The van der Waals surface area contributed by atoms with Gasteiger partial charge in [0, 0.05) is 9.52 Å². The maximum Gasteiger partial charge on any atom is -0.0253 e. The summed E-state index contributed by atoms with van der Waals surface area (Å²) in [4.78, 5) is 0. The van der Waals surface area contributed by atoms with Gasteiger partial charge in [0.25, 0.3) is 0 Å². The molecule has 0 spiro atoms. The van der Waals surface area contributed by atoms with Crippen LogP contribution >= 0.6 is 17.0 Å². The molecule has 0 saturated carbocycles. The van der Waals surface area contributed by atoms with E-state index in [2.05, 4.69) is 137 Å². The first-order chi connectivity index (χ1) is 18.8. The Labute approximate surface area is 256 Å². The van der Waals surface area contributed by atoms with E-state index in [-0.39, 0.29) is 0 Å². The Morgan fingerprint density at radius 3 is 2.13 bits per heavy atom. The van der Waals surface area contributed by atoms with E-state index >= 15 is 0 Å². The monoisotopic (exact) mass is 644 g/mol. The number of rotatable bonds is 2. The van der Waals surface area contributed by atoms with Crippen molar-refractivity contribution in [2.75, 3.05) is 0 Å². The molecule has 0 N–H and O–H groups in total. The van der Waals surface area contributed by atoms with Crippen LogP contribution in [0.3, 0.4) is 0 Å². The second kappa shape index (κ2) is 15.8. The predicted molar refractivity (Wildman–Crippen MR) is 171 cm³/mol. The van der Waals surface area contributed by atoms with E-state index < -0.39 is 20.8 Å². The summed E-state index contributed by atoms with van der Waals surface area (Å²) >= 11 is -0.826. The van der Waals surface area contributed by atoms with Gasteiger partial charge in [-0.1, -0.05) is 111 Å². The molecule has 5 aromatic rings. The molecule has 1 aliphatic carbocycles. The van der Waals surface area contributed by atoms with Crippen molar-refractivity contribution in [1.29, 1.82) is 0 Å². The Balaban J connectivity index is 0.000000189. The summed E-state index contributed by atoms with van der Waals surface area (Å²) in [6.45, 7) is 11.2. The Hall–Kier alpha value is -1.83. The molecule has 0 bridgehead atoms. The molecule has 0 unspecified atom stereocenters. The van der Waals surface area contributed by atoms with Gasteiger partial charge in [-0.2, -0.15) is 35.9 Å². The van der Waals surface area contributed by atoms with Gasteiger partial charge >= 0.3 is 37.9 Å². The quantitative estimate of drug-likeness (QED) is 0.130. The molecule has 0 fully saturated rings. The van der Waals surface area contributed by atoms with Crippen molar-refractivity contribution in [3.63, 3.8) is 0 Å². The standard InChI is InChI=1S/C20H21.C13H9.C2H6Si.2ClH.Zr/c1-20(2,3)14-15-12-17-10-7-11-18(19(17)13-15)16-8-5-4-6-9-16;1-3-7-12-10(5-1)9-11-6-2-4-8-13(11)12;1-3-2;;;/h4-13H,14H2,1-3H3;1-5,7-8H,9H2;1-2H3;2*1H;/q2*-1;;;;+4/p-2. The third kappa shape index (κ3) is 9.36. The SMILES string of the molecule is CC(C)(C)Cc1cc2c(-c3ccccc3)cccc2[cH-]1.C[Si]C.[Cl][Zr+2][Cl].[c-]1cccc2c1Cc1ccccc1-2. The van der Waals surface area contributed by atoms with Crippen LogP contribution < -0.4 is 0 Å². The Morgan fingerprint density at radius 2 is 1.44 bits per heavy atom. The Kier molecular flexibility index (Phi) is 12.9. The number of hydrogen-bond acceptors (Lipinski definition) is 0. The van der Waals surface area contributed by atoms with Gasteiger partial charge in [-0.3, -0.25) is 0 Å². The number of halogens is 2. The summed E-state index contributed by atoms with van der Waals surface area (Å²) in [6.07, 6.45) is 2.17. The summed E-state index contributed by atoms with van der Waals surface area (Å²) in [5.74, 6) is 0. The topological polar surface area (TPSA) is 0 Å². The van der Waals surface area contributed by atoms with Crippen LogP contribution in [-0.4, -0.2) is 9.52 Å². The average molecular weight is 647 g/mol. The molecule has 2 radical (unpaired) electrons. The second-order valence-electron chi connectivity index (χ2n) is 10.7. The fourth-order valence-electron chi connectivity index (χ4n) is 4.88. The van der Waals surface area contributed by atoms with E-state index in [0.29, 0.717) is 5.41 Å². The third-order valence-electron chi connectivity index (χ3n) is 6.25. The fraction of sp³-hybridized carbons (Fsp3) is 0.229. The van der Waals surface area contributed by atoms with Crippen molar-refractivity contribution < 1.29 is 20.8 Å². The molecule has 0 atom stereocenters. The van der Waals surface area contributed by atoms with Crippen LogP contribution in [0.4, 0.5) is 0 Å². The molecule has 6 rings (SSSR count). The van der Waals surface area contributed by atoms with Gasteiger partial charge in [0.05, 0.1) is 0 Å². The molecule has 4 heteroatoms. The van der Waals surface area contributed by atoms with E-state index in [9.17, 15) is 0 Å². The molecule has 0 amide bonds. The van der Waals surface area contributed by atoms with Crippen LogP contribution in [0.1, 0.15) is 37.5 Å². The summed E-state index contributed by atoms with van der Waals surface area (Å²) in [7, 11) is 11.0. The van der Waals surface area contributed by atoms with E-state index in [4.69, 9.17) is 17.0 Å². The zero-order chi connectivity index (χ0) is 28.3. The largest absolute Gasteiger partial charge is 0.179 e. The van der Waals surface area contributed by atoms with Gasteiger partial charge in [0.15, 0.2) is 0 Å². The van der Waals surface area contributed by atoms with Gasteiger partial charge < -0.3 is 0 Å². The van der Waals surface area contributed by atoms with Crippen molar-refractivity contribution in [2.24, 2.45) is 5.41 Å². The van der Waals surface area contributed by atoms with Crippen LogP contribution in [0.15, 0.2) is 103 Å². The molecule has 39 heavy (non-hydrogen) atoms. The minimum absolute atomic E-state index is 0.331. The molecule has 0 aromatic heterocycles. The zero-order valence-electron chi connectivity index (χ0n) is 23.5. The van der Waals surface area contributed by atoms with Crippen molar-refractivity contribution in [1.82, 2.24) is 0 Å². The second-order valence-corrected chi connectivity index (χ2v) is 15.5. The molecule has 0 saturated heterocycles. The Morgan fingerprint density at radius 1 is 0.821 bits per heavy atom. The summed E-state index contributed by atoms with van der Waals surface area (Å²) in [5.41, 5.74) is 9.92. The first-order valence-electron chi connectivity index (χ1n) is 13.2. The maximum absolute atomic E-state index is 4.93. The molecule has 198 valence electrons. The molecule has 0 aliphatic heterocycles. The van der Waals surface area contributed by atoms with Crippen molar-refractivity contribution in [2.45, 2.75) is 46.7 Å². The predicted octanol–water partition coefficient (Wildman–Crippen LogP) is 11.0. The number of fused-ring (bicyclic) bond motifs is 4. The summed E-state index contributed by atoms with van der Waals surface area (Å²) < 4.78 is 0. The van der Waals surface area contributed by atoms with Gasteiger partial charge in [0.2, 0.25) is 0 Å². The van der Waals surface area contributed by atoms with E-state index in [1.807, 2.05) is 6.07 Å². The molecular weight excluding hydrogens is 611 g/mol. The molecule has 1 aliphatic rings. The smallest absolute Gasteiger partial charge is 0.0253 e. The zero-order valence-corrected chi connectivity index (χ0v) is 28.5.